The molecule has 0 fully saturated rings. The van der Waals surface area contributed by atoms with Gasteiger partial charge in [-0.25, -0.2) is 0 Å². The van der Waals surface area contributed by atoms with Crippen molar-refractivity contribution in [3.05, 3.63) is 29.3 Å². The lowest BCUT2D eigenvalue weighted by atomic mass is 9.89. The minimum absolute atomic E-state index is 0.00534. The van der Waals surface area contributed by atoms with Crippen molar-refractivity contribution in [2.24, 2.45) is 0 Å². The van der Waals surface area contributed by atoms with Gasteiger partial charge in [-0.1, -0.05) is 6.07 Å². The standard InChI is InChI=1S/C13H17NO3/c1-14-13(16)8-17-10-6-5-9-3-2-4-12(15)11(9)7-10/h5-7,12,15H,2-4,8H2,1H3,(H,14,16). The maximum atomic E-state index is 11.1. The van der Waals surface area contributed by atoms with Crippen LogP contribution in [0.3, 0.4) is 0 Å². The topological polar surface area (TPSA) is 58.6 Å². The molecule has 1 aromatic carbocycles. The lowest BCUT2D eigenvalue weighted by molar-refractivity contribution is -0.122. The van der Waals surface area contributed by atoms with Crippen molar-refractivity contribution in [2.75, 3.05) is 13.7 Å². The van der Waals surface area contributed by atoms with E-state index in [9.17, 15) is 9.90 Å². The molecule has 0 aliphatic heterocycles. The summed E-state index contributed by atoms with van der Waals surface area (Å²) in [4.78, 5) is 11.1. The van der Waals surface area contributed by atoms with Crippen LogP contribution in [0.25, 0.3) is 0 Å². The molecule has 1 atom stereocenters. The number of amides is 1. The number of aliphatic hydroxyl groups is 1. The van der Waals surface area contributed by atoms with E-state index in [4.69, 9.17) is 4.74 Å². The summed E-state index contributed by atoms with van der Waals surface area (Å²) in [6, 6.07) is 5.65. The molecular weight excluding hydrogens is 218 g/mol. The summed E-state index contributed by atoms with van der Waals surface area (Å²) in [5.41, 5.74) is 2.11. The van der Waals surface area contributed by atoms with Crippen LogP contribution in [0, 0.1) is 0 Å². The van der Waals surface area contributed by atoms with E-state index in [-0.39, 0.29) is 12.5 Å². The Morgan fingerprint density at radius 3 is 3.18 bits per heavy atom. The predicted molar refractivity (Wildman–Crippen MR) is 63.9 cm³/mol. The summed E-state index contributed by atoms with van der Waals surface area (Å²) in [6.45, 7) is 0.00534. The van der Waals surface area contributed by atoms with Crippen LogP contribution in [0.15, 0.2) is 18.2 Å². The van der Waals surface area contributed by atoms with Gasteiger partial charge in [0.05, 0.1) is 6.10 Å². The van der Waals surface area contributed by atoms with Crippen molar-refractivity contribution < 1.29 is 14.6 Å². The van der Waals surface area contributed by atoms with Crippen LogP contribution >= 0.6 is 0 Å². The van der Waals surface area contributed by atoms with Crippen molar-refractivity contribution >= 4 is 5.91 Å². The number of aliphatic hydroxyl groups excluding tert-OH is 1. The summed E-state index contributed by atoms with van der Waals surface area (Å²) in [5, 5.41) is 12.4. The predicted octanol–water partition coefficient (Wildman–Crippen LogP) is 1.18. The van der Waals surface area contributed by atoms with Crippen molar-refractivity contribution in [1.29, 1.82) is 0 Å². The number of fused-ring (bicyclic) bond motifs is 1. The van der Waals surface area contributed by atoms with Crippen molar-refractivity contribution in [2.45, 2.75) is 25.4 Å². The molecule has 1 unspecified atom stereocenters. The molecule has 0 bridgehead atoms. The molecule has 0 heterocycles. The fourth-order valence-electron chi connectivity index (χ4n) is 2.06. The van der Waals surface area contributed by atoms with E-state index in [1.54, 1.807) is 7.05 Å². The molecule has 1 aliphatic carbocycles. The Kier molecular flexibility index (Phi) is 3.64. The zero-order valence-electron chi connectivity index (χ0n) is 9.90. The number of aryl methyl sites for hydroxylation is 1. The lowest BCUT2D eigenvalue weighted by Gasteiger charge is -2.21. The van der Waals surface area contributed by atoms with Gasteiger partial charge in [0.1, 0.15) is 5.75 Å². The minimum atomic E-state index is -0.401. The second-order valence-electron chi connectivity index (χ2n) is 4.23. The van der Waals surface area contributed by atoms with Crippen LogP contribution in [0.1, 0.15) is 30.1 Å². The fourth-order valence-corrected chi connectivity index (χ4v) is 2.06. The molecule has 92 valence electrons. The zero-order chi connectivity index (χ0) is 12.3. The van der Waals surface area contributed by atoms with Crippen LogP contribution in [0.4, 0.5) is 0 Å². The van der Waals surface area contributed by atoms with Gasteiger partial charge in [-0.05, 0) is 42.5 Å². The molecule has 2 N–H and O–H groups in total. The maximum absolute atomic E-state index is 11.1. The Labute approximate surface area is 101 Å². The SMILES string of the molecule is CNC(=O)COc1ccc2c(c1)C(O)CCC2. The van der Waals surface area contributed by atoms with Crippen LogP contribution in [-0.2, 0) is 11.2 Å². The van der Waals surface area contributed by atoms with Gasteiger partial charge in [-0.15, -0.1) is 0 Å². The van der Waals surface area contributed by atoms with Gasteiger partial charge in [0.25, 0.3) is 5.91 Å². The van der Waals surface area contributed by atoms with E-state index in [1.165, 1.54) is 5.56 Å². The van der Waals surface area contributed by atoms with Crippen LogP contribution in [-0.4, -0.2) is 24.7 Å². The number of likely N-dealkylation sites (N-methyl/N-ethyl adjacent to an activating group) is 1. The van der Waals surface area contributed by atoms with Crippen molar-refractivity contribution in [3.63, 3.8) is 0 Å². The highest BCUT2D eigenvalue weighted by atomic mass is 16.5. The highest BCUT2D eigenvalue weighted by molar-refractivity contribution is 5.77. The summed E-state index contributed by atoms with van der Waals surface area (Å²) >= 11 is 0. The number of carbonyl (C=O) groups excluding carboxylic acids is 1. The highest BCUT2D eigenvalue weighted by Crippen LogP contribution is 2.32. The number of hydrogen-bond acceptors (Lipinski definition) is 3. The minimum Gasteiger partial charge on any atom is -0.484 e. The van der Waals surface area contributed by atoms with Gasteiger partial charge >= 0.3 is 0 Å². The van der Waals surface area contributed by atoms with Crippen LogP contribution in [0.5, 0.6) is 5.75 Å². The summed E-state index contributed by atoms with van der Waals surface area (Å²) in [7, 11) is 1.57. The van der Waals surface area contributed by atoms with E-state index in [2.05, 4.69) is 5.32 Å². The van der Waals surface area contributed by atoms with E-state index < -0.39 is 6.10 Å². The van der Waals surface area contributed by atoms with Crippen LogP contribution < -0.4 is 10.1 Å². The highest BCUT2D eigenvalue weighted by Gasteiger charge is 2.18. The van der Waals surface area contributed by atoms with Gasteiger partial charge in [0.15, 0.2) is 6.61 Å². The Hall–Kier alpha value is -1.55. The molecule has 17 heavy (non-hydrogen) atoms. The molecule has 2 rings (SSSR count). The first-order chi connectivity index (χ1) is 8.20. The van der Waals surface area contributed by atoms with Gasteiger partial charge in [-0.2, -0.15) is 0 Å². The Morgan fingerprint density at radius 2 is 2.41 bits per heavy atom. The largest absolute Gasteiger partial charge is 0.484 e. The quantitative estimate of drug-likeness (QED) is 0.827. The molecular formula is C13H17NO3. The summed E-state index contributed by atoms with van der Waals surface area (Å²) in [5.74, 6) is 0.469. The first-order valence-electron chi connectivity index (χ1n) is 5.85. The third-order valence-corrected chi connectivity index (χ3v) is 3.05. The van der Waals surface area contributed by atoms with Gasteiger partial charge in [0.2, 0.25) is 0 Å². The summed E-state index contributed by atoms with van der Waals surface area (Å²) < 4.78 is 5.35. The maximum Gasteiger partial charge on any atom is 0.257 e. The zero-order valence-corrected chi connectivity index (χ0v) is 9.90. The van der Waals surface area contributed by atoms with Gasteiger partial charge in [-0.3, -0.25) is 4.79 Å². The molecule has 0 radical (unpaired) electrons. The third kappa shape index (κ3) is 2.77. The third-order valence-electron chi connectivity index (χ3n) is 3.05. The second kappa shape index (κ2) is 5.19. The molecule has 1 amide bonds. The monoisotopic (exact) mass is 235 g/mol. The van der Waals surface area contributed by atoms with Crippen molar-refractivity contribution in [1.82, 2.24) is 5.32 Å². The van der Waals surface area contributed by atoms with E-state index in [0.29, 0.717) is 5.75 Å². The van der Waals surface area contributed by atoms with Crippen molar-refractivity contribution in [3.8, 4) is 5.75 Å². The van der Waals surface area contributed by atoms with Gasteiger partial charge in [0, 0.05) is 7.05 Å². The molecule has 4 nitrogen and oxygen atoms in total. The number of ether oxygens (including phenoxy) is 1. The van der Waals surface area contributed by atoms with E-state index >= 15 is 0 Å². The van der Waals surface area contributed by atoms with Gasteiger partial charge < -0.3 is 15.2 Å². The molecule has 0 aromatic heterocycles. The van der Waals surface area contributed by atoms with E-state index in [1.807, 2.05) is 18.2 Å². The normalized spacial score (nSPS) is 18.4. The average molecular weight is 235 g/mol. The number of carbonyl (C=O) groups is 1. The smallest absolute Gasteiger partial charge is 0.257 e. The molecule has 1 aliphatic rings. The molecule has 0 saturated heterocycles. The molecule has 0 spiro atoms. The van der Waals surface area contributed by atoms with Crippen LogP contribution in [0.2, 0.25) is 0 Å². The number of rotatable bonds is 3. The molecule has 1 aromatic rings. The molecule has 4 heteroatoms. The first kappa shape index (κ1) is 11.9. The molecule has 0 saturated carbocycles. The fraction of sp³-hybridized carbons (Fsp3) is 0.462. The first-order valence-corrected chi connectivity index (χ1v) is 5.85. The Bertz CT molecular complexity index is 417. The van der Waals surface area contributed by atoms with E-state index in [0.717, 1.165) is 24.8 Å². The summed E-state index contributed by atoms with van der Waals surface area (Å²) in [6.07, 6.45) is 2.42. The number of benzene rings is 1. The Morgan fingerprint density at radius 1 is 1.59 bits per heavy atom. The Balaban J connectivity index is 2.10. The second-order valence-corrected chi connectivity index (χ2v) is 4.23. The lowest BCUT2D eigenvalue weighted by Crippen LogP contribution is -2.24. The number of nitrogens with one attached hydrogen (secondary N) is 1. The number of hydrogen-bond donors (Lipinski definition) is 2. The average Bonchev–Trinajstić information content (AvgIpc) is 2.36.